The first kappa shape index (κ1) is 27.9. The Hall–Kier alpha value is -2.33. The fourth-order valence-corrected chi connectivity index (χ4v) is 4.20. The van der Waals surface area contributed by atoms with Crippen LogP contribution in [0.1, 0.15) is 76.8 Å². The van der Waals surface area contributed by atoms with Gasteiger partial charge in [0.2, 0.25) is 6.29 Å². The molecule has 0 spiro atoms. The number of hydrogen-bond acceptors (Lipinski definition) is 3. The van der Waals surface area contributed by atoms with Crippen molar-refractivity contribution in [1.82, 2.24) is 0 Å². The third-order valence-corrected chi connectivity index (χ3v) is 6.32. The number of nitrogens with zero attached hydrogens (tertiary/aromatic N) is 1. The highest BCUT2D eigenvalue weighted by Gasteiger charge is 2.23. The van der Waals surface area contributed by atoms with Crippen LogP contribution in [-0.2, 0) is 22.5 Å². The van der Waals surface area contributed by atoms with Crippen molar-refractivity contribution in [3.05, 3.63) is 65.7 Å². The molecule has 2 unspecified atom stereocenters. The normalized spacial score (nSPS) is 13.3. The Balaban J connectivity index is 1.73. The molecule has 0 bridgehead atoms. The molecular formula is C30H46NO3+. The van der Waals surface area contributed by atoms with Crippen LogP contribution in [0.5, 0.6) is 5.75 Å². The number of rotatable bonds is 16. The summed E-state index contributed by atoms with van der Waals surface area (Å²) in [5.41, 5.74) is 2.58. The summed E-state index contributed by atoms with van der Waals surface area (Å²) < 4.78 is 12.4. The van der Waals surface area contributed by atoms with Gasteiger partial charge in [-0.1, -0.05) is 88.4 Å². The first-order valence-electron chi connectivity index (χ1n) is 13.1. The predicted molar refractivity (Wildman–Crippen MR) is 141 cm³/mol. The molecule has 2 rings (SSSR count). The van der Waals surface area contributed by atoms with Crippen LogP contribution in [0.15, 0.2) is 54.6 Å². The number of carbonyl (C=O) groups excluding carboxylic acids is 1. The minimum absolute atomic E-state index is 0.168. The van der Waals surface area contributed by atoms with Gasteiger partial charge in [-0.15, -0.1) is 0 Å². The van der Waals surface area contributed by atoms with Crippen LogP contribution < -0.4 is 4.74 Å². The molecule has 0 aliphatic heterocycles. The topological polar surface area (TPSA) is 35.5 Å². The van der Waals surface area contributed by atoms with Gasteiger partial charge in [-0.25, -0.2) is 0 Å². The number of quaternary nitrogens is 1. The summed E-state index contributed by atoms with van der Waals surface area (Å²) >= 11 is 0. The zero-order valence-corrected chi connectivity index (χ0v) is 22.1. The molecule has 0 radical (unpaired) electrons. The summed E-state index contributed by atoms with van der Waals surface area (Å²) in [7, 11) is 4.41. The second-order valence-electron chi connectivity index (χ2n) is 10.3. The highest BCUT2D eigenvalue weighted by atomic mass is 16.7. The summed E-state index contributed by atoms with van der Waals surface area (Å²) in [6, 6.07) is 18.7. The molecular weight excluding hydrogens is 422 g/mol. The lowest BCUT2D eigenvalue weighted by Crippen LogP contribution is -2.41. The summed E-state index contributed by atoms with van der Waals surface area (Å²) in [6.07, 6.45) is 8.99. The molecule has 0 N–H and O–H groups in total. The average Bonchev–Trinajstić information content (AvgIpc) is 2.80. The van der Waals surface area contributed by atoms with E-state index in [1.165, 1.54) is 49.7 Å². The highest BCUT2D eigenvalue weighted by Crippen LogP contribution is 2.19. The predicted octanol–water partition coefficient (Wildman–Crippen LogP) is 7.16. The Morgan fingerprint density at radius 3 is 2.29 bits per heavy atom. The number of carbonyl (C=O) groups is 1. The minimum Gasteiger partial charge on any atom is -0.455 e. The van der Waals surface area contributed by atoms with E-state index in [0.717, 1.165) is 36.2 Å². The van der Waals surface area contributed by atoms with Gasteiger partial charge in [0.25, 0.3) is 0 Å². The fourth-order valence-electron chi connectivity index (χ4n) is 4.20. The van der Waals surface area contributed by atoms with E-state index in [0.29, 0.717) is 0 Å². The lowest BCUT2D eigenvalue weighted by Gasteiger charge is -2.31. The lowest BCUT2D eigenvalue weighted by molar-refractivity contribution is -0.904. The van der Waals surface area contributed by atoms with E-state index in [9.17, 15) is 4.79 Å². The molecule has 34 heavy (non-hydrogen) atoms. The maximum absolute atomic E-state index is 12.6. The van der Waals surface area contributed by atoms with E-state index < -0.39 is 6.29 Å². The highest BCUT2D eigenvalue weighted by molar-refractivity contribution is 5.72. The van der Waals surface area contributed by atoms with Crippen molar-refractivity contribution in [2.75, 3.05) is 20.6 Å². The van der Waals surface area contributed by atoms with E-state index in [4.69, 9.17) is 9.47 Å². The van der Waals surface area contributed by atoms with Crippen LogP contribution in [-0.4, -0.2) is 37.4 Å². The van der Waals surface area contributed by atoms with Crippen molar-refractivity contribution >= 4 is 5.97 Å². The van der Waals surface area contributed by atoms with E-state index in [1.54, 1.807) is 6.92 Å². The smallest absolute Gasteiger partial charge is 0.311 e. The Kier molecular flexibility index (Phi) is 12.2. The van der Waals surface area contributed by atoms with E-state index in [-0.39, 0.29) is 11.9 Å². The first-order valence-corrected chi connectivity index (χ1v) is 13.1. The summed E-state index contributed by atoms with van der Waals surface area (Å²) in [4.78, 5) is 12.6. The molecule has 0 amide bonds. The van der Waals surface area contributed by atoms with Crippen molar-refractivity contribution in [3.8, 4) is 5.75 Å². The van der Waals surface area contributed by atoms with Crippen LogP contribution in [0, 0.1) is 5.92 Å². The van der Waals surface area contributed by atoms with Gasteiger partial charge in [-0.2, -0.15) is 0 Å². The second kappa shape index (κ2) is 14.8. The molecule has 0 saturated carbocycles. The van der Waals surface area contributed by atoms with Gasteiger partial charge in [0, 0.05) is 18.9 Å². The fraction of sp³-hybridized carbons (Fsp3) is 0.567. The van der Waals surface area contributed by atoms with Crippen molar-refractivity contribution in [1.29, 1.82) is 0 Å². The number of aryl methyl sites for hydroxylation is 1. The van der Waals surface area contributed by atoms with Gasteiger partial charge >= 0.3 is 5.97 Å². The number of hydrogen-bond donors (Lipinski definition) is 0. The van der Waals surface area contributed by atoms with Crippen LogP contribution in [0.4, 0.5) is 0 Å². The minimum atomic E-state index is -0.605. The molecule has 4 nitrogen and oxygen atoms in total. The van der Waals surface area contributed by atoms with E-state index >= 15 is 0 Å². The Morgan fingerprint density at radius 1 is 0.882 bits per heavy atom. The van der Waals surface area contributed by atoms with Gasteiger partial charge < -0.3 is 14.0 Å². The second-order valence-corrected chi connectivity index (χ2v) is 10.3. The summed E-state index contributed by atoms with van der Waals surface area (Å²) in [6.45, 7) is 7.83. The molecule has 0 fully saturated rings. The standard InChI is InChI=1S/C30H46NO3/c1-6-7-8-9-10-12-16-27-19-15-20-29(23-27)33-26(3)34-30(32)25(2)21-22-31(4,5)24-28-17-13-11-14-18-28/h11,13-15,17-20,23,25-26H,6-10,12,16,21-22,24H2,1-5H3/q+1. The maximum Gasteiger partial charge on any atom is 0.311 e. The maximum atomic E-state index is 12.6. The van der Waals surface area contributed by atoms with Crippen molar-refractivity contribution in [3.63, 3.8) is 0 Å². The molecule has 0 aromatic heterocycles. The Morgan fingerprint density at radius 2 is 1.56 bits per heavy atom. The average molecular weight is 469 g/mol. The molecule has 0 aliphatic rings. The number of ether oxygens (including phenoxy) is 2. The molecule has 188 valence electrons. The largest absolute Gasteiger partial charge is 0.455 e. The zero-order chi connectivity index (χ0) is 24.8. The molecule has 0 heterocycles. The first-order chi connectivity index (χ1) is 16.3. The third-order valence-electron chi connectivity index (χ3n) is 6.32. The third kappa shape index (κ3) is 11.2. The van der Waals surface area contributed by atoms with Gasteiger partial charge in [-0.05, 0) is 30.5 Å². The van der Waals surface area contributed by atoms with Crippen LogP contribution >= 0.6 is 0 Å². The van der Waals surface area contributed by atoms with Crippen LogP contribution in [0.2, 0.25) is 0 Å². The number of benzene rings is 2. The quantitative estimate of drug-likeness (QED) is 0.113. The van der Waals surface area contributed by atoms with Gasteiger partial charge in [0.1, 0.15) is 12.3 Å². The lowest BCUT2D eigenvalue weighted by atomic mass is 10.0. The van der Waals surface area contributed by atoms with Gasteiger partial charge in [0.05, 0.1) is 26.6 Å². The molecule has 4 heteroatoms. The van der Waals surface area contributed by atoms with Gasteiger partial charge in [0.15, 0.2) is 0 Å². The van der Waals surface area contributed by atoms with Crippen LogP contribution in [0.25, 0.3) is 0 Å². The summed E-state index contributed by atoms with van der Waals surface area (Å²) in [5, 5.41) is 0. The Labute approximate surface area is 207 Å². The van der Waals surface area contributed by atoms with Crippen molar-refractivity contribution < 1.29 is 18.8 Å². The van der Waals surface area contributed by atoms with E-state index in [1.807, 2.05) is 25.1 Å². The van der Waals surface area contributed by atoms with Crippen molar-refractivity contribution in [2.45, 2.75) is 85.0 Å². The van der Waals surface area contributed by atoms with Gasteiger partial charge in [-0.3, -0.25) is 4.79 Å². The molecule has 2 atom stereocenters. The molecule has 2 aromatic rings. The van der Waals surface area contributed by atoms with Crippen LogP contribution in [0.3, 0.4) is 0 Å². The molecule has 0 aliphatic carbocycles. The van der Waals surface area contributed by atoms with E-state index in [2.05, 4.69) is 57.4 Å². The van der Waals surface area contributed by atoms with Crippen molar-refractivity contribution in [2.24, 2.45) is 5.92 Å². The number of unbranched alkanes of at least 4 members (excludes halogenated alkanes) is 5. The Bertz CT molecular complexity index is 834. The zero-order valence-electron chi connectivity index (χ0n) is 22.1. The SMILES string of the molecule is CCCCCCCCc1cccc(OC(C)OC(=O)C(C)CC[N+](C)(C)Cc2ccccc2)c1. The summed E-state index contributed by atoms with van der Waals surface area (Å²) in [5.74, 6) is 0.394. The molecule has 2 aromatic carbocycles. The molecule has 0 saturated heterocycles. The monoisotopic (exact) mass is 468 g/mol. The number of esters is 1.